The minimum absolute atomic E-state index is 0.271. The van der Waals surface area contributed by atoms with Crippen molar-refractivity contribution >= 4 is 11.5 Å². The van der Waals surface area contributed by atoms with Gasteiger partial charge in [-0.3, -0.25) is 0 Å². The maximum Gasteiger partial charge on any atom is 0.244 e. The van der Waals surface area contributed by atoms with Crippen LogP contribution in [0.5, 0.6) is 0 Å². The third-order valence-electron chi connectivity index (χ3n) is 0.628. The van der Waals surface area contributed by atoms with Crippen LogP contribution >= 0.6 is 11.5 Å². The third kappa shape index (κ3) is 4.45. The summed E-state index contributed by atoms with van der Waals surface area (Å²) in [6.45, 7) is 6.07. The number of hydrogen-bond acceptors (Lipinski definition) is 4. The number of aryl methyl sites for hydroxylation is 1. The first-order valence-corrected chi connectivity index (χ1v) is 4.22. The molecular weight excluding hydrogens is 158 g/mol. The van der Waals surface area contributed by atoms with Crippen LogP contribution in [-0.4, -0.2) is 9.36 Å². The summed E-state index contributed by atoms with van der Waals surface area (Å²) >= 11 is 1.25. The first-order chi connectivity index (χ1) is 5.24. The van der Waals surface area contributed by atoms with Crippen LogP contribution in [0.4, 0.5) is 0 Å². The van der Waals surface area contributed by atoms with Gasteiger partial charge >= 0.3 is 0 Å². The van der Waals surface area contributed by atoms with E-state index < -0.39 is 0 Å². The van der Waals surface area contributed by atoms with Crippen molar-refractivity contribution in [2.45, 2.75) is 27.2 Å². The van der Waals surface area contributed by atoms with E-state index in [9.17, 15) is 0 Å². The molecule has 0 fully saturated rings. The molecule has 60 valence electrons. The van der Waals surface area contributed by atoms with Gasteiger partial charge in [0, 0.05) is 0 Å². The van der Waals surface area contributed by atoms with Gasteiger partial charge in [0.05, 0.1) is 0 Å². The Bertz CT molecular complexity index is 236. The summed E-state index contributed by atoms with van der Waals surface area (Å²) in [5.74, 6) is 0.271. The van der Waals surface area contributed by atoms with Crippen LogP contribution in [0.2, 0.25) is 0 Å². The third-order valence-corrected chi connectivity index (χ3v) is 1.25. The highest BCUT2D eigenvalue weighted by molar-refractivity contribution is 7.05. The molecule has 1 aromatic heterocycles. The highest BCUT2D eigenvalue weighted by atomic mass is 32.1. The van der Waals surface area contributed by atoms with Gasteiger partial charge in [0.2, 0.25) is 5.82 Å². The van der Waals surface area contributed by atoms with E-state index >= 15 is 0 Å². The van der Waals surface area contributed by atoms with Gasteiger partial charge in [-0.2, -0.15) is 9.64 Å². The molecule has 0 atom stereocenters. The van der Waals surface area contributed by atoms with E-state index in [0.717, 1.165) is 5.01 Å². The molecule has 0 radical (unpaired) electrons. The zero-order valence-electron chi connectivity index (χ0n) is 6.96. The molecule has 0 bridgehead atoms. The number of nitriles is 1. The molecule has 1 heterocycles. The van der Waals surface area contributed by atoms with Gasteiger partial charge in [0.15, 0.2) is 0 Å². The topological polar surface area (TPSA) is 49.6 Å². The van der Waals surface area contributed by atoms with Crippen LogP contribution in [0, 0.1) is 18.3 Å². The number of hydrogen-bond donors (Lipinski definition) is 0. The molecule has 0 aromatic carbocycles. The first kappa shape index (κ1) is 10.0. The number of aromatic nitrogens is 2. The molecule has 0 spiro atoms. The van der Waals surface area contributed by atoms with E-state index in [-0.39, 0.29) is 5.82 Å². The summed E-state index contributed by atoms with van der Waals surface area (Å²) in [4.78, 5) is 3.78. The Labute approximate surface area is 70.9 Å². The second-order valence-corrected chi connectivity index (χ2v) is 2.91. The molecule has 11 heavy (non-hydrogen) atoms. The Hall–Kier alpha value is -0.950. The molecule has 1 rings (SSSR count). The summed E-state index contributed by atoms with van der Waals surface area (Å²) in [5, 5.41) is 9.02. The Balaban J connectivity index is 0.000000292. The summed E-state index contributed by atoms with van der Waals surface area (Å²) in [6, 6.07) is 1.84. The lowest BCUT2D eigenvalue weighted by Gasteiger charge is -1.65. The van der Waals surface area contributed by atoms with Gasteiger partial charge in [-0.05, 0) is 18.5 Å². The second-order valence-electron chi connectivity index (χ2n) is 1.96. The zero-order chi connectivity index (χ0) is 8.69. The highest BCUT2D eigenvalue weighted by Crippen LogP contribution is 1.99. The van der Waals surface area contributed by atoms with E-state index in [2.05, 4.69) is 23.2 Å². The predicted molar refractivity (Wildman–Crippen MR) is 45.3 cm³/mol. The van der Waals surface area contributed by atoms with E-state index in [1.165, 1.54) is 18.0 Å². The Morgan fingerprint density at radius 3 is 2.27 bits per heavy atom. The van der Waals surface area contributed by atoms with E-state index in [4.69, 9.17) is 5.26 Å². The molecule has 0 N–H and O–H groups in total. The largest absolute Gasteiger partial charge is 0.244 e. The normalized spacial score (nSPS) is 7.82. The second kappa shape index (κ2) is 5.81. The Morgan fingerprint density at radius 2 is 2.09 bits per heavy atom. The summed E-state index contributed by atoms with van der Waals surface area (Å²) < 4.78 is 3.70. The predicted octanol–water partition coefficient (Wildman–Crippen LogP) is 2.13. The lowest BCUT2D eigenvalue weighted by atomic mass is 10.6. The standard InChI is InChI=1S/C4H3N3S.C3H8/c1-3-6-4(2-5)7-8-3;1-3-2/h1H3;3H2,1-2H3. The van der Waals surface area contributed by atoms with Crippen molar-refractivity contribution in [1.29, 1.82) is 5.26 Å². The van der Waals surface area contributed by atoms with E-state index in [0.29, 0.717) is 0 Å². The van der Waals surface area contributed by atoms with Gasteiger partial charge in [-0.1, -0.05) is 20.3 Å². The summed E-state index contributed by atoms with van der Waals surface area (Å²) in [5.41, 5.74) is 0. The Kier molecular flexibility index (Phi) is 5.30. The van der Waals surface area contributed by atoms with Crippen LogP contribution in [0.25, 0.3) is 0 Å². The number of rotatable bonds is 0. The molecule has 0 amide bonds. The first-order valence-electron chi connectivity index (χ1n) is 3.45. The molecule has 0 saturated heterocycles. The number of nitrogens with zero attached hydrogens (tertiary/aromatic N) is 3. The smallest absolute Gasteiger partial charge is 0.211 e. The van der Waals surface area contributed by atoms with Gasteiger partial charge in [0.25, 0.3) is 0 Å². The fourth-order valence-electron chi connectivity index (χ4n) is 0.345. The average molecular weight is 169 g/mol. The monoisotopic (exact) mass is 169 g/mol. The molecule has 0 aliphatic heterocycles. The van der Waals surface area contributed by atoms with Crippen molar-refractivity contribution in [3.63, 3.8) is 0 Å². The van der Waals surface area contributed by atoms with Crippen LogP contribution in [0.1, 0.15) is 31.1 Å². The molecule has 0 aliphatic rings. The lowest BCUT2D eigenvalue weighted by Crippen LogP contribution is -1.73. The Morgan fingerprint density at radius 1 is 1.55 bits per heavy atom. The fourth-order valence-corrected chi connectivity index (χ4v) is 0.772. The maximum absolute atomic E-state index is 8.18. The van der Waals surface area contributed by atoms with E-state index in [1.807, 2.05) is 13.0 Å². The quantitative estimate of drug-likeness (QED) is 0.597. The van der Waals surface area contributed by atoms with Crippen molar-refractivity contribution < 1.29 is 0 Å². The van der Waals surface area contributed by atoms with Crippen molar-refractivity contribution in [2.75, 3.05) is 0 Å². The van der Waals surface area contributed by atoms with Crippen LogP contribution in [0.15, 0.2) is 0 Å². The minimum Gasteiger partial charge on any atom is -0.211 e. The SMILES string of the molecule is CCC.Cc1nc(C#N)ns1. The van der Waals surface area contributed by atoms with Crippen molar-refractivity contribution in [2.24, 2.45) is 0 Å². The highest BCUT2D eigenvalue weighted by Gasteiger charge is 1.93. The van der Waals surface area contributed by atoms with Crippen molar-refractivity contribution in [3.8, 4) is 6.07 Å². The average Bonchev–Trinajstić information content (AvgIpc) is 2.37. The van der Waals surface area contributed by atoms with Gasteiger partial charge in [-0.15, -0.1) is 0 Å². The van der Waals surface area contributed by atoms with Gasteiger partial charge < -0.3 is 0 Å². The molecule has 1 aromatic rings. The maximum atomic E-state index is 8.18. The molecule has 0 unspecified atom stereocenters. The molecule has 0 aliphatic carbocycles. The van der Waals surface area contributed by atoms with Crippen LogP contribution < -0.4 is 0 Å². The molecule has 4 heteroatoms. The zero-order valence-corrected chi connectivity index (χ0v) is 7.77. The minimum atomic E-state index is 0.271. The lowest BCUT2D eigenvalue weighted by molar-refractivity contribution is 1.09. The molecule has 0 saturated carbocycles. The van der Waals surface area contributed by atoms with Gasteiger partial charge in [0.1, 0.15) is 11.1 Å². The molecular formula is C7H11N3S. The fraction of sp³-hybridized carbons (Fsp3) is 0.571. The van der Waals surface area contributed by atoms with Crippen molar-refractivity contribution in [3.05, 3.63) is 10.8 Å². The van der Waals surface area contributed by atoms with Crippen molar-refractivity contribution in [1.82, 2.24) is 9.36 Å². The summed E-state index contributed by atoms with van der Waals surface area (Å²) in [6.07, 6.45) is 1.25. The van der Waals surface area contributed by atoms with E-state index in [1.54, 1.807) is 0 Å². The van der Waals surface area contributed by atoms with Gasteiger partial charge in [-0.25, -0.2) is 4.98 Å². The van der Waals surface area contributed by atoms with Crippen LogP contribution in [0.3, 0.4) is 0 Å². The molecule has 3 nitrogen and oxygen atoms in total. The van der Waals surface area contributed by atoms with Crippen LogP contribution in [-0.2, 0) is 0 Å². The summed E-state index contributed by atoms with van der Waals surface area (Å²) in [7, 11) is 0.